The van der Waals surface area contributed by atoms with Crippen LogP contribution in [0.3, 0.4) is 0 Å². The summed E-state index contributed by atoms with van der Waals surface area (Å²) in [5, 5.41) is 21.1. The van der Waals surface area contributed by atoms with Crippen LogP contribution in [0.2, 0.25) is 0 Å². The summed E-state index contributed by atoms with van der Waals surface area (Å²) in [6.07, 6.45) is 11.7. The first-order valence-electron chi connectivity index (χ1n) is 17.2. The number of carbonyl (C=O) groups excluding carboxylic acids is 1. The predicted octanol–water partition coefficient (Wildman–Crippen LogP) is 3.98. The van der Waals surface area contributed by atoms with Crippen molar-refractivity contribution in [2.24, 2.45) is 0 Å². The first-order chi connectivity index (χ1) is 25.3. The number of aliphatic hydroxyl groups excluding tert-OH is 1. The van der Waals surface area contributed by atoms with E-state index in [0.717, 1.165) is 46.8 Å². The summed E-state index contributed by atoms with van der Waals surface area (Å²) in [5.74, 6) is 1.57. The van der Waals surface area contributed by atoms with E-state index >= 15 is 0 Å². The van der Waals surface area contributed by atoms with Gasteiger partial charge in [0.1, 0.15) is 0 Å². The van der Waals surface area contributed by atoms with Crippen molar-refractivity contribution in [1.29, 1.82) is 0 Å². The Bertz CT molecular complexity index is 2320. The minimum atomic E-state index is -3.06. The van der Waals surface area contributed by atoms with Gasteiger partial charge in [-0.3, -0.25) is 18.6 Å². The number of rotatable bonds is 11. The van der Waals surface area contributed by atoms with E-state index in [9.17, 15) is 18.3 Å². The molecule has 268 valence electrons. The number of hydrogen-bond acceptors (Lipinski definition) is 11. The Hall–Kier alpha value is -5.58. The van der Waals surface area contributed by atoms with Crippen molar-refractivity contribution in [2.45, 2.75) is 25.1 Å². The molecule has 5 heterocycles. The number of hydrogen-bond donors (Lipinski definition) is 4. The topological polar surface area (TPSA) is 174 Å². The average molecular weight is 722 g/mol. The van der Waals surface area contributed by atoms with Gasteiger partial charge in [0.25, 0.3) is 0 Å². The van der Waals surface area contributed by atoms with Gasteiger partial charge in [-0.1, -0.05) is 36.4 Å². The summed E-state index contributed by atoms with van der Waals surface area (Å²) in [6, 6.07) is 14.8. The van der Waals surface area contributed by atoms with E-state index < -0.39 is 22.1 Å². The van der Waals surface area contributed by atoms with E-state index in [-0.39, 0.29) is 18.1 Å². The second-order valence-electron chi connectivity index (χ2n) is 13.1. The Labute approximate surface area is 300 Å². The fourth-order valence-electron chi connectivity index (χ4n) is 6.45. The molecule has 8 rings (SSSR count). The van der Waals surface area contributed by atoms with Gasteiger partial charge >= 0.3 is 6.03 Å². The van der Waals surface area contributed by atoms with Crippen molar-refractivity contribution >= 4 is 44.5 Å². The third-order valence-electron chi connectivity index (χ3n) is 9.60. The van der Waals surface area contributed by atoms with E-state index in [4.69, 9.17) is 0 Å². The first-order valence-corrected chi connectivity index (χ1v) is 19.1. The highest BCUT2D eigenvalue weighted by Crippen LogP contribution is 2.30. The van der Waals surface area contributed by atoms with Crippen LogP contribution in [0, 0.1) is 0 Å². The van der Waals surface area contributed by atoms with Gasteiger partial charge in [0, 0.05) is 86.4 Å². The lowest BCUT2D eigenvalue weighted by Gasteiger charge is -2.32. The van der Waals surface area contributed by atoms with Crippen LogP contribution in [0.1, 0.15) is 24.6 Å². The third-order valence-corrected chi connectivity index (χ3v) is 11.2. The minimum Gasteiger partial charge on any atom is -0.370 e. The highest BCUT2D eigenvalue weighted by atomic mass is 32.2. The number of imidazole rings is 2. The Morgan fingerprint density at radius 3 is 2.04 bits per heavy atom. The molecule has 16 heteroatoms. The number of benzene rings is 2. The number of aliphatic hydroxyl groups is 1. The lowest BCUT2D eigenvalue weighted by atomic mass is 10.1. The van der Waals surface area contributed by atoms with Crippen LogP contribution in [0.25, 0.3) is 33.8 Å². The molecule has 0 spiro atoms. The molecule has 2 fully saturated rings. The monoisotopic (exact) mass is 721 g/mol. The predicted molar refractivity (Wildman–Crippen MR) is 199 cm³/mol. The van der Waals surface area contributed by atoms with Gasteiger partial charge in [0.05, 0.1) is 35.3 Å². The summed E-state index contributed by atoms with van der Waals surface area (Å²) >= 11 is 0. The molecule has 2 aromatic carbocycles. The molecule has 15 nitrogen and oxygen atoms in total. The van der Waals surface area contributed by atoms with Crippen molar-refractivity contribution in [3.63, 3.8) is 0 Å². The van der Waals surface area contributed by atoms with E-state index in [1.807, 2.05) is 50.4 Å². The van der Waals surface area contributed by atoms with E-state index in [1.165, 1.54) is 4.90 Å². The average Bonchev–Trinajstić information content (AvgIpc) is 3.69. The van der Waals surface area contributed by atoms with Crippen molar-refractivity contribution < 1.29 is 18.3 Å². The number of nitrogens with one attached hydrogen (secondary N) is 3. The number of anilines is 3. The van der Waals surface area contributed by atoms with E-state index in [2.05, 4.69) is 35.9 Å². The van der Waals surface area contributed by atoms with Crippen molar-refractivity contribution in [2.75, 3.05) is 60.7 Å². The molecule has 0 bridgehead atoms. The van der Waals surface area contributed by atoms with Crippen molar-refractivity contribution in [3.8, 4) is 22.5 Å². The highest BCUT2D eigenvalue weighted by Gasteiger charge is 2.27. The molecule has 0 radical (unpaired) electrons. The smallest absolute Gasteiger partial charge is 0.324 e. The van der Waals surface area contributed by atoms with E-state index in [0.29, 0.717) is 48.4 Å². The molecule has 1 aliphatic carbocycles. The van der Waals surface area contributed by atoms with E-state index in [1.54, 1.807) is 56.1 Å². The van der Waals surface area contributed by atoms with Crippen LogP contribution in [-0.2, 0) is 9.84 Å². The van der Waals surface area contributed by atoms with Gasteiger partial charge in [-0.25, -0.2) is 33.1 Å². The highest BCUT2D eigenvalue weighted by molar-refractivity contribution is 7.91. The SMILES string of the molecule is CNc1nccn2c(-c3ccc(NC(=O)N(CCN4CCS(=O)(=O)CC4)C(O)c4ccc(-c5cnc6c(NC7CC7)nccn56)cc4)cc3)cnc12. The fourth-order valence-corrected chi connectivity index (χ4v) is 7.73. The molecule has 6 aromatic rings. The standard InChI is InChI=1S/C36H39N11O4S/c1-37-31-33-40-22-30(45(33)14-12-38-31)25-6-8-28(9-7-25)43-36(49)47(17-16-44-18-20-52(50,51)21-19-44)35(48)26-4-2-24(3-5-26)29-23-41-34-32(42-27-10-11-27)39-13-15-46(29)34/h2-9,12-15,22-23,27,35,48H,10-11,16-21H2,1H3,(H,37,38)(H,39,42)(H,43,49). The van der Waals surface area contributed by atoms with Crippen LogP contribution >= 0.6 is 0 Å². The second-order valence-corrected chi connectivity index (χ2v) is 15.4. The molecular formula is C36H39N11O4S. The molecule has 1 unspecified atom stereocenters. The first kappa shape index (κ1) is 33.6. The summed E-state index contributed by atoms with van der Waals surface area (Å²) in [7, 11) is -1.26. The Kier molecular flexibility index (Phi) is 8.94. The Morgan fingerprint density at radius 1 is 0.865 bits per heavy atom. The second kappa shape index (κ2) is 13.9. The minimum absolute atomic E-state index is 0.0757. The molecule has 1 saturated heterocycles. The number of urea groups is 1. The number of nitrogens with zero attached hydrogens (tertiary/aromatic N) is 8. The van der Waals surface area contributed by atoms with Gasteiger partial charge in [-0.2, -0.15) is 0 Å². The van der Waals surface area contributed by atoms with Gasteiger partial charge < -0.3 is 21.1 Å². The summed E-state index contributed by atoms with van der Waals surface area (Å²) in [5.41, 5.74) is 6.06. The maximum Gasteiger partial charge on any atom is 0.324 e. The quantitative estimate of drug-likeness (QED) is 0.143. The molecule has 4 N–H and O–H groups in total. The molecule has 1 aliphatic heterocycles. The molecule has 1 saturated carbocycles. The molecule has 4 aromatic heterocycles. The lowest BCUT2D eigenvalue weighted by molar-refractivity contribution is 0.0289. The van der Waals surface area contributed by atoms with Crippen molar-refractivity contribution in [1.82, 2.24) is 38.5 Å². The number of amides is 2. The van der Waals surface area contributed by atoms with Crippen LogP contribution in [0.15, 0.2) is 85.7 Å². The number of sulfone groups is 1. The summed E-state index contributed by atoms with van der Waals surface area (Å²) in [4.78, 5) is 35.2. The van der Waals surface area contributed by atoms with Crippen LogP contribution in [0.4, 0.5) is 22.1 Å². The maximum atomic E-state index is 13.9. The van der Waals surface area contributed by atoms with Gasteiger partial charge in [-0.05, 0) is 25.0 Å². The molecule has 52 heavy (non-hydrogen) atoms. The largest absolute Gasteiger partial charge is 0.370 e. The zero-order valence-electron chi connectivity index (χ0n) is 28.6. The Morgan fingerprint density at radius 2 is 1.44 bits per heavy atom. The molecule has 1 atom stereocenters. The van der Waals surface area contributed by atoms with Crippen LogP contribution < -0.4 is 16.0 Å². The maximum absolute atomic E-state index is 13.9. The third kappa shape index (κ3) is 6.87. The summed E-state index contributed by atoms with van der Waals surface area (Å²) in [6.45, 7) is 1.34. The molecule has 2 aliphatic rings. The normalized spacial score (nSPS) is 16.5. The molecule has 2 amide bonds. The summed E-state index contributed by atoms with van der Waals surface area (Å²) < 4.78 is 28.0. The Balaban J connectivity index is 1.01. The number of aromatic nitrogens is 6. The number of fused-ring (bicyclic) bond motifs is 2. The van der Waals surface area contributed by atoms with Gasteiger partial charge in [0.2, 0.25) is 0 Å². The number of carbonyl (C=O) groups is 1. The fraction of sp³-hybridized carbons (Fsp3) is 0.306. The van der Waals surface area contributed by atoms with Gasteiger partial charge in [0.15, 0.2) is 39.0 Å². The zero-order valence-corrected chi connectivity index (χ0v) is 29.4. The zero-order chi connectivity index (χ0) is 35.8. The van der Waals surface area contributed by atoms with Crippen molar-refractivity contribution in [3.05, 3.63) is 91.3 Å². The molecular weight excluding hydrogens is 683 g/mol. The van der Waals surface area contributed by atoms with Gasteiger partial charge in [-0.15, -0.1) is 0 Å². The van der Waals surface area contributed by atoms with Crippen LogP contribution in [-0.4, -0.2) is 109 Å². The lowest BCUT2D eigenvalue weighted by Crippen LogP contribution is -2.46. The van der Waals surface area contributed by atoms with Crippen LogP contribution in [0.5, 0.6) is 0 Å².